The molecule has 0 amide bonds. The average Bonchev–Trinajstić information content (AvgIpc) is 2.52. The molecule has 0 aromatic rings. The molecule has 0 heterocycles. The van der Waals surface area contributed by atoms with Crippen molar-refractivity contribution in [2.24, 2.45) is 16.7 Å². The monoisotopic (exact) mass is 248 g/mol. The molecule has 4 atom stereocenters. The molecule has 18 heavy (non-hydrogen) atoms. The van der Waals surface area contributed by atoms with Crippen LogP contribution in [0, 0.1) is 23.2 Å². The highest BCUT2D eigenvalue weighted by atomic mass is 16.3. The summed E-state index contributed by atoms with van der Waals surface area (Å²) in [6.45, 7) is 6.23. The maximum Gasteiger partial charge on any atom is 0.148 e. The number of hydrogen-bond acceptors (Lipinski definition) is 3. The molecule has 3 nitrogen and oxygen atoms in total. The van der Waals surface area contributed by atoms with E-state index in [1.54, 1.807) is 6.08 Å². The van der Waals surface area contributed by atoms with Gasteiger partial charge < -0.3 is 10.2 Å². The standard InChI is InChI=1S/C15H20O3/c1-12(2)7-11-13(3)4-5-15(13,18)10(8-16)6-14(11,17)9-12/h6,8,11,17-18H,4,7,9H2,1-3H3/t11?,13-,14+,15-/m1/s1. The van der Waals surface area contributed by atoms with Gasteiger partial charge in [0.25, 0.3) is 0 Å². The van der Waals surface area contributed by atoms with E-state index in [0.717, 1.165) is 6.42 Å². The second-order valence-electron chi connectivity index (χ2n) is 7.29. The van der Waals surface area contributed by atoms with Crippen LogP contribution in [0.2, 0.25) is 0 Å². The summed E-state index contributed by atoms with van der Waals surface area (Å²) in [7, 11) is 0. The van der Waals surface area contributed by atoms with Crippen LogP contribution < -0.4 is 0 Å². The van der Waals surface area contributed by atoms with E-state index in [0.29, 0.717) is 19.1 Å². The van der Waals surface area contributed by atoms with Crippen molar-refractivity contribution in [3.8, 4) is 0 Å². The molecule has 0 aliphatic heterocycles. The lowest BCUT2D eigenvalue weighted by atomic mass is 9.45. The number of aldehydes is 1. The Hall–Kier alpha value is -0.670. The smallest absolute Gasteiger partial charge is 0.148 e. The first kappa shape index (κ1) is 12.4. The number of hydrogen-bond donors (Lipinski definition) is 2. The van der Waals surface area contributed by atoms with Crippen molar-refractivity contribution in [2.75, 3.05) is 0 Å². The maximum absolute atomic E-state index is 11.2. The van der Waals surface area contributed by atoms with E-state index in [1.165, 1.54) is 0 Å². The molecule has 0 saturated heterocycles. The summed E-state index contributed by atoms with van der Waals surface area (Å²) in [6.07, 6.45) is 7.38. The van der Waals surface area contributed by atoms with Crippen molar-refractivity contribution in [1.82, 2.24) is 0 Å². The molecule has 0 bridgehead atoms. The fraction of sp³-hybridized carbons (Fsp3) is 0.733. The van der Waals surface area contributed by atoms with Crippen LogP contribution in [0.1, 0.15) is 40.0 Å². The zero-order valence-corrected chi connectivity index (χ0v) is 11.2. The van der Waals surface area contributed by atoms with Crippen LogP contribution in [0.5, 0.6) is 0 Å². The Morgan fingerprint density at radius 3 is 2.56 bits per heavy atom. The first-order valence-corrected chi connectivity index (χ1v) is 6.55. The van der Waals surface area contributed by atoms with Crippen LogP contribution in [0.4, 0.5) is 0 Å². The lowest BCUT2D eigenvalue weighted by Crippen LogP contribution is -2.67. The van der Waals surface area contributed by atoms with Gasteiger partial charge in [-0.05, 0) is 30.8 Å². The minimum atomic E-state index is -1.26. The van der Waals surface area contributed by atoms with Crippen LogP contribution in [0.15, 0.2) is 11.6 Å². The number of fused-ring (bicyclic) bond motifs is 3. The van der Waals surface area contributed by atoms with Gasteiger partial charge in [0.15, 0.2) is 0 Å². The summed E-state index contributed by atoms with van der Waals surface area (Å²) in [4.78, 5) is 11.2. The van der Waals surface area contributed by atoms with Gasteiger partial charge in [-0.2, -0.15) is 0 Å². The van der Waals surface area contributed by atoms with Crippen molar-refractivity contribution < 1.29 is 15.0 Å². The molecule has 2 saturated carbocycles. The highest BCUT2D eigenvalue weighted by Crippen LogP contribution is 2.68. The molecule has 0 aromatic heterocycles. The Kier molecular flexibility index (Phi) is 2.11. The minimum absolute atomic E-state index is 0.00468. The van der Waals surface area contributed by atoms with Crippen molar-refractivity contribution in [3.05, 3.63) is 18.1 Å². The molecular weight excluding hydrogens is 228 g/mol. The van der Waals surface area contributed by atoms with E-state index in [1.807, 2.05) is 6.92 Å². The zero-order chi connectivity index (χ0) is 13.4. The van der Waals surface area contributed by atoms with Crippen LogP contribution in [0.25, 0.3) is 0 Å². The van der Waals surface area contributed by atoms with E-state index in [4.69, 9.17) is 0 Å². The van der Waals surface area contributed by atoms with E-state index in [-0.39, 0.29) is 16.9 Å². The average molecular weight is 248 g/mol. The first-order valence-electron chi connectivity index (χ1n) is 6.55. The van der Waals surface area contributed by atoms with Gasteiger partial charge in [-0.3, -0.25) is 4.79 Å². The van der Waals surface area contributed by atoms with Gasteiger partial charge in [-0.1, -0.05) is 20.8 Å². The molecule has 1 unspecified atom stereocenters. The number of carbonyl (C=O) groups excluding carboxylic acids is 1. The molecule has 0 spiro atoms. The van der Waals surface area contributed by atoms with E-state index < -0.39 is 16.6 Å². The highest BCUT2D eigenvalue weighted by Gasteiger charge is 2.70. The molecule has 2 N–H and O–H groups in total. The summed E-state index contributed by atoms with van der Waals surface area (Å²) in [5, 5.41) is 21.5. The summed E-state index contributed by atoms with van der Waals surface area (Å²) in [5.41, 5.74) is -2.35. The molecule has 0 aromatic carbocycles. The lowest BCUT2D eigenvalue weighted by Gasteiger charge is -2.62. The molecule has 3 aliphatic rings. The topological polar surface area (TPSA) is 57.5 Å². The Labute approximate surface area is 108 Å². The van der Waals surface area contributed by atoms with Gasteiger partial charge in [0.1, 0.15) is 11.9 Å². The van der Waals surface area contributed by atoms with Crippen LogP contribution in [-0.4, -0.2) is 27.7 Å². The predicted molar refractivity (Wildman–Crippen MR) is 66.5 cm³/mol. The summed E-state index contributed by atoms with van der Waals surface area (Å²) >= 11 is 0. The third-order valence-corrected chi connectivity index (χ3v) is 5.38. The van der Waals surface area contributed by atoms with Crippen molar-refractivity contribution in [2.45, 2.75) is 51.2 Å². The number of aliphatic hydroxyl groups is 2. The Bertz CT molecular complexity index is 453. The van der Waals surface area contributed by atoms with Gasteiger partial charge in [0.05, 0.1) is 5.60 Å². The van der Waals surface area contributed by atoms with Crippen LogP contribution in [-0.2, 0) is 4.79 Å². The first-order chi connectivity index (χ1) is 8.17. The molecule has 3 heteroatoms. The summed E-state index contributed by atoms with van der Waals surface area (Å²) < 4.78 is 0. The van der Waals surface area contributed by atoms with Gasteiger partial charge in [-0.15, -0.1) is 0 Å². The highest BCUT2D eigenvalue weighted by molar-refractivity contribution is 5.80. The number of carbonyl (C=O) groups is 1. The third-order valence-electron chi connectivity index (χ3n) is 5.38. The van der Waals surface area contributed by atoms with E-state index in [9.17, 15) is 15.0 Å². The second-order valence-corrected chi connectivity index (χ2v) is 7.29. The van der Waals surface area contributed by atoms with Gasteiger partial charge >= 0.3 is 0 Å². The molecule has 2 fully saturated rings. The lowest BCUT2D eigenvalue weighted by molar-refractivity contribution is -0.165. The molecule has 98 valence electrons. The predicted octanol–water partition coefficient (Wildman–Crippen LogP) is 1.51. The molecule has 3 aliphatic carbocycles. The summed E-state index contributed by atoms with van der Waals surface area (Å²) in [5.74, 6) is -0.00468. The van der Waals surface area contributed by atoms with Crippen molar-refractivity contribution in [1.29, 1.82) is 0 Å². The van der Waals surface area contributed by atoms with Gasteiger partial charge in [-0.25, -0.2) is 0 Å². The fourth-order valence-corrected chi connectivity index (χ4v) is 4.45. The Balaban J connectivity index is 2.15. The second kappa shape index (κ2) is 3.07. The Morgan fingerprint density at radius 2 is 2.06 bits per heavy atom. The molecular formula is C15H20O3. The SMILES string of the molecule is CC1(C)CC2[C@](O)(C=C(C=O)[C@]3(O)[C]C[C@]23C)C1. The molecule has 3 rings (SSSR count). The van der Waals surface area contributed by atoms with Gasteiger partial charge in [0.2, 0.25) is 0 Å². The molecule has 2 radical (unpaired) electrons. The number of rotatable bonds is 1. The van der Waals surface area contributed by atoms with Gasteiger partial charge in [0, 0.05) is 23.3 Å². The fourth-order valence-electron chi connectivity index (χ4n) is 4.45. The van der Waals surface area contributed by atoms with E-state index >= 15 is 0 Å². The van der Waals surface area contributed by atoms with Crippen molar-refractivity contribution in [3.63, 3.8) is 0 Å². The summed E-state index contributed by atoms with van der Waals surface area (Å²) in [6, 6.07) is 0. The van der Waals surface area contributed by atoms with Crippen LogP contribution >= 0.6 is 0 Å². The Morgan fingerprint density at radius 1 is 1.39 bits per heavy atom. The third kappa shape index (κ3) is 1.19. The minimum Gasteiger partial charge on any atom is -0.385 e. The quantitative estimate of drug-likeness (QED) is 0.692. The van der Waals surface area contributed by atoms with Crippen molar-refractivity contribution >= 4 is 6.29 Å². The zero-order valence-electron chi connectivity index (χ0n) is 11.2. The maximum atomic E-state index is 11.2. The van der Waals surface area contributed by atoms with Crippen LogP contribution in [0.3, 0.4) is 0 Å². The largest absolute Gasteiger partial charge is 0.385 e. The van der Waals surface area contributed by atoms with E-state index in [2.05, 4.69) is 20.3 Å². The normalized spacial score (nSPS) is 52.9.